The van der Waals surface area contributed by atoms with Gasteiger partial charge in [-0.05, 0) is 32.9 Å². The van der Waals surface area contributed by atoms with E-state index in [2.05, 4.69) is 23.8 Å². The fourth-order valence-corrected chi connectivity index (χ4v) is 4.34. The van der Waals surface area contributed by atoms with Crippen LogP contribution >= 0.6 is 0 Å². The van der Waals surface area contributed by atoms with Crippen molar-refractivity contribution in [2.75, 3.05) is 39.9 Å². The second-order valence-electron chi connectivity index (χ2n) is 7.00. The maximum atomic E-state index is 6.50. The summed E-state index contributed by atoms with van der Waals surface area (Å²) in [5.74, 6) is -0.336. The molecule has 3 aliphatic rings. The summed E-state index contributed by atoms with van der Waals surface area (Å²) in [6.45, 7) is 7.26. The first-order valence-electron chi connectivity index (χ1n) is 8.61. The minimum absolute atomic E-state index is 0.251. The molecule has 0 radical (unpaired) electrons. The highest BCUT2D eigenvalue weighted by Crippen LogP contribution is 2.38. The van der Waals surface area contributed by atoms with Gasteiger partial charge in [-0.15, -0.1) is 0 Å². The summed E-state index contributed by atoms with van der Waals surface area (Å²) in [5.41, 5.74) is 6.50. The van der Waals surface area contributed by atoms with E-state index in [1.807, 2.05) is 0 Å². The van der Waals surface area contributed by atoms with E-state index >= 15 is 0 Å². The van der Waals surface area contributed by atoms with Crippen molar-refractivity contribution in [2.24, 2.45) is 5.73 Å². The fourth-order valence-electron chi connectivity index (χ4n) is 4.34. The molecule has 0 aromatic rings. The van der Waals surface area contributed by atoms with E-state index in [9.17, 15) is 0 Å². The molecule has 122 valence electrons. The Kier molecular flexibility index (Phi) is 4.86. The Hall–Kier alpha value is -0.200. The number of hydrogen-bond donors (Lipinski definition) is 1. The smallest absolute Gasteiger partial charge is 0.170 e. The molecule has 0 amide bonds. The molecular weight excluding hydrogens is 266 g/mol. The van der Waals surface area contributed by atoms with Gasteiger partial charge in [-0.2, -0.15) is 0 Å². The molecule has 2 aliphatic heterocycles. The van der Waals surface area contributed by atoms with Gasteiger partial charge in [-0.1, -0.05) is 6.92 Å². The molecule has 2 saturated heterocycles. The lowest BCUT2D eigenvalue weighted by atomic mass is 9.84. The predicted molar refractivity (Wildman–Crippen MR) is 83.1 cm³/mol. The molecule has 0 bridgehead atoms. The molecule has 1 aliphatic carbocycles. The number of nitrogens with zero attached hydrogens (tertiary/aromatic N) is 2. The van der Waals surface area contributed by atoms with Crippen LogP contribution in [0.1, 0.15) is 39.0 Å². The summed E-state index contributed by atoms with van der Waals surface area (Å²) in [6.07, 6.45) is 5.31. The van der Waals surface area contributed by atoms with E-state index in [1.165, 1.54) is 19.4 Å². The van der Waals surface area contributed by atoms with E-state index in [4.69, 9.17) is 15.2 Å². The first-order chi connectivity index (χ1) is 10.1. The van der Waals surface area contributed by atoms with Crippen LogP contribution in [0.4, 0.5) is 0 Å². The molecule has 0 aromatic carbocycles. The number of hydrogen-bond acceptors (Lipinski definition) is 5. The maximum Gasteiger partial charge on any atom is 0.170 e. The molecule has 3 rings (SSSR count). The summed E-state index contributed by atoms with van der Waals surface area (Å²) in [4.78, 5) is 5.13. The van der Waals surface area contributed by atoms with Crippen LogP contribution < -0.4 is 5.73 Å². The summed E-state index contributed by atoms with van der Waals surface area (Å²) >= 11 is 0. The number of rotatable bonds is 2. The highest BCUT2D eigenvalue weighted by molar-refractivity contribution is 4.97. The number of ether oxygens (including phenoxy) is 2. The highest BCUT2D eigenvalue weighted by atomic mass is 16.7. The Morgan fingerprint density at radius 3 is 2.71 bits per heavy atom. The third-order valence-electron chi connectivity index (χ3n) is 5.53. The van der Waals surface area contributed by atoms with Crippen molar-refractivity contribution in [1.29, 1.82) is 0 Å². The number of likely N-dealkylation sites (N-methyl/N-ethyl adjacent to an activating group) is 1. The third kappa shape index (κ3) is 3.27. The van der Waals surface area contributed by atoms with E-state index < -0.39 is 0 Å². The van der Waals surface area contributed by atoms with Gasteiger partial charge in [0.1, 0.15) is 0 Å². The molecule has 3 unspecified atom stereocenters. The topological polar surface area (TPSA) is 51.0 Å². The Labute approximate surface area is 128 Å². The Morgan fingerprint density at radius 2 is 2.00 bits per heavy atom. The molecule has 3 fully saturated rings. The van der Waals surface area contributed by atoms with Gasteiger partial charge in [0.05, 0.1) is 13.2 Å². The molecule has 2 N–H and O–H groups in total. The standard InChI is InChI=1S/C16H31N3O2/c1-3-13-12-18(2)7-4-8-19(13)15-11-16(6-5-14(15)17)20-9-10-21-16/h13-15H,3-12,17H2,1-2H3. The van der Waals surface area contributed by atoms with Crippen LogP contribution in [0.15, 0.2) is 0 Å². The van der Waals surface area contributed by atoms with Gasteiger partial charge in [-0.25, -0.2) is 0 Å². The van der Waals surface area contributed by atoms with Gasteiger partial charge in [0.15, 0.2) is 5.79 Å². The summed E-state index contributed by atoms with van der Waals surface area (Å²) in [7, 11) is 2.23. The van der Waals surface area contributed by atoms with E-state index in [0.717, 1.165) is 45.6 Å². The van der Waals surface area contributed by atoms with Gasteiger partial charge >= 0.3 is 0 Å². The van der Waals surface area contributed by atoms with Crippen molar-refractivity contribution in [1.82, 2.24) is 9.80 Å². The van der Waals surface area contributed by atoms with Crippen LogP contribution in [-0.4, -0.2) is 73.6 Å². The van der Waals surface area contributed by atoms with Gasteiger partial charge in [0.2, 0.25) is 0 Å². The molecule has 1 spiro atoms. The molecule has 0 aromatic heterocycles. The maximum absolute atomic E-state index is 6.50. The van der Waals surface area contributed by atoms with Crippen molar-refractivity contribution in [3.8, 4) is 0 Å². The van der Waals surface area contributed by atoms with E-state index in [0.29, 0.717) is 12.1 Å². The van der Waals surface area contributed by atoms with Crippen molar-refractivity contribution >= 4 is 0 Å². The van der Waals surface area contributed by atoms with Crippen LogP contribution in [0, 0.1) is 0 Å². The van der Waals surface area contributed by atoms with Crippen molar-refractivity contribution in [2.45, 2.75) is 62.9 Å². The van der Waals surface area contributed by atoms with Crippen LogP contribution in [0.3, 0.4) is 0 Å². The second-order valence-corrected chi connectivity index (χ2v) is 7.00. The average molecular weight is 297 g/mol. The first-order valence-corrected chi connectivity index (χ1v) is 8.61. The van der Waals surface area contributed by atoms with E-state index in [1.54, 1.807) is 0 Å². The third-order valence-corrected chi connectivity index (χ3v) is 5.53. The quantitative estimate of drug-likeness (QED) is 0.825. The van der Waals surface area contributed by atoms with Gasteiger partial charge in [0, 0.05) is 44.1 Å². The lowest BCUT2D eigenvalue weighted by Gasteiger charge is -2.47. The second kappa shape index (κ2) is 6.50. The van der Waals surface area contributed by atoms with E-state index in [-0.39, 0.29) is 11.8 Å². The van der Waals surface area contributed by atoms with Crippen LogP contribution in [0.5, 0.6) is 0 Å². The molecule has 1 saturated carbocycles. The molecule has 21 heavy (non-hydrogen) atoms. The normalized spacial score (nSPS) is 38.7. The average Bonchev–Trinajstić information content (AvgIpc) is 2.84. The largest absolute Gasteiger partial charge is 0.347 e. The van der Waals surface area contributed by atoms with Crippen LogP contribution in [0.2, 0.25) is 0 Å². The lowest BCUT2D eigenvalue weighted by molar-refractivity contribution is -0.193. The first kappa shape index (κ1) is 15.7. The summed E-state index contributed by atoms with van der Waals surface area (Å²) < 4.78 is 11.9. The molecule has 3 atom stereocenters. The van der Waals surface area contributed by atoms with Gasteiger partial charge in [-0.3, -0.25) is 4.90 Å². The minimum atomic E-state index is -0.336. The minimum Gasteiger partial charge on any atom is -0.347 e. The zero-order valence-corrected chi connectivity index (χ0v) is 13.6. The van der Waals surface area contributed by atoms with Crippen LogP contribution in [-0.2, 0) is 9.47 Å². The zero-order chi connectivity index (χ0) is 14.9. The van der Waals surface area contributed by atoms with Gasteiger partial charge < -0.3 is 20.1 Å². The Morgan fingerprint density at radius 1 is 1.24 bits per heavy atom. The van der Waals surface area contributed by atoms with Crippen molar-refractivity contribution in [3.63, 3.8) is 0 Å². The summed E-state index contributed by atoms with van der Waals surface area (Å²) in [6, 6.07) is 1.25. The monoisotopic (exact) mass is 297 g/mol. The lowest BCUT2D eigenvalue weighted by Crippen LogP contribution is -2.59. The van der Waals surface area contributed by atoms with Crippen molar-refractivity contribution < 1.29 is 9.47 Å². The number of nitrogens with two attached hydrogens (primary N) is 1. The summed E-state index contributed by atoms with van der Waals surface area (Å²) in [5, 5.41) is 0. The molecule has 5 nitrogen and oxygen atoms in total. The fraction of sp³-hybridized carbons (Fsp3) is 1.00. The molecular formula is C16H31N3O2. The Balaban J connectivity index is 1.75. The van der Waals surface area contributed by atoms with Gasteiger partial charge in [0.25, 0.3) is 0 Å². The molecule has 5 heteroatoms. The highest BCUT2D eigenvalue weighted by Gasteiger charge is 2.47. The van der Waals surface area contributed by atoms with Crippen molar-refractivity contribution in [3.05, 3.63) is 0 Å². The molecule has 2 heterocycles. The zero-order valence-electron chi connectivity index (χ0n) is 13.6. The SMILES string of the molecule is CCC1CN(C)CCCN1C1CC2(CCC1N)OCCO2. The predicted octanol–water partition coefficient (Wildman–Crippen LogP) is 1.03. The Bertz CT molecular complexity index is 346. The van der Waals surface area contributed by atoms with Crippen LogP contribution in [0.25, 0.3) is 0 Å².